The van der Waals surface area contributed by atoms with Crippen LogP contribution >= 0.6 is 11.3 Å². The minimum absolute atomic E-state index is 0.143. The average Bonchev–Trinajstić information content (AvgIpc) is 3.19. The third-order valence-electron chi connectivity index (χ3n) is 6.76. The molecule has 0 radical (unpaired) electrons. The van der Waals surface area contributed by atoms with Crippen LogP contribution in [0.1, 0.15) is 68.3 Å². The maximum absolute atomic E-state index is 12.7. The fourth-order valence-corrected chi connectivity index (χ4v) is 5.74. The number of rotatable bonds is 3. The molecule has 1 amide bonds. The molecule has 0 N–H and O–H groups in total. The highest BCUT2D eigenvalue weighted by atomic mass is 32.1. The number of carbonyl (C=O) groups is 1. The SMILES string of the molecule is O=C(c1cscn1)N1CCCC2(CCN(CC3CCCCC3)CC2)C1. The van der Waals surface area contributed by atoms with Crippen LogP contribution in [0.4, 0.5) is 0 Å². The maximum atomic E-state index is 12.7. The molecule has 0 unspecified atom stereocenters. The predicted molar refractivity (Wildman–Crippen MR) is 102 cm³/mol. The van der Waals surface area contributed by atoms with Gasteiger partial charge in [-0.2, -0.15) is 0 Å². The number of thiazole rings is 1. The number of piperidine rings is 2. The second-order valence-corrected chi connectivity index (χ2v) is 9.23. The Hall–Kier alpha value is -0.940. The summed E-state index contributed by atoms with van der Waals surface area (Å²) in [7, 11) is 0. The number of hydrogen-bond donors (Lipinski definition) is 0. The first-order chi connectivity index (χ1) is 12.2. The molecule has 138 valence electrons. The van der Waals surface area contributed by atoms with Gasteiger partial charge in [0.25, 0.3) is 5.91 Å². The van der Waals surface area contributed by atoms with Crippen molar-refractivity contribution in [2.75, 3.05) is 32.7 Å². The van der Waals surface area contributed by atoms with Crippen molar-refractivity contribution in [2.24, 2.45) is 11.3 Å². The van der Waals surface area contributed by atoms with Crippen molar-refractivity contribution < 1.29 is 4.79 Å². The molecule has 1 spiro atoms. The van der Waals surface area contributed by atoms with Crippen molar-refractivity contribution >= 4 is 17.2 Å². The Balaban J connectivity index is 1.31. The molecule has 1 aliphatic carbocycles. The Kier molecular flexibility index (Phi) is 5.41. The molecule has 1 aromatic rings. The Labute approximate surface area is 155 Å². The lowest BCUT2D eigenvalue weighted by Crippen LogP contribution is -2.51. The van der Waals surface area contributed by atoms with Crippen LogP contribution in [-0.2, 0) is 0 Å². The van der Waals surface area contributed by atoms with Gasteiger partial charge in [-0.25, -0.2) is 4.98 Å². The highest BCUT2D eigenvalue weighted by molar-refractivity contribution is 7.07. The standard InChI is InChI=1S/C20H31N3OS/c24-19(18-14-25-16-21-18)23-10-4-7-20(15-23)8-11-22(12-9-20)13-17-5-2-1-3-6-17/h14,16-17H,1-13,15H2. The van der Waals surface area contributed by atoms with Crippen molar-refractivity contribution in [2.45, 2.75) is 57.8 Å². The Bertz CT molecular complexity index is 560. The zero-order valence-electron chi connectivity index (χ0n) is 15.3. The zero-order valence-corrected chi connectivity index (χ0v) is 16.1. The van der Waals surface area contributed by atoms with Crippen LogP contribution in [0.25, 0.3) is 0 Å². The van der Waals surface area contributed by atoms with Gasteiger partial charge in [0.15, 0.2) is 0 Å². The summed E-state index contributed by atoms with van der Waals surface area (Å²) < 4.78 is 0. The lowest BCUT2D eigenvalue weighted by molar-refractivity contribution is 0.0168. The van der Waals surface area contributed by atoms with E-state index in [1.165, 1.54) is 82.3 Å². The molecule has 3 aliphatic rings. The van der Waals surface area contributed by atoms with E-state index < -0.39 is 0 Å². The number of carbonyl (C=O) groups excluding carboxylic acids is 1. The summed E-state index contributed by atoms with van der Waals surface area (Å²) >= 11 is 1.51. The molecule has 2 saturated heterocycles. The Morgan fingerprint density at radius 2 is 1.92 bits per heavy atom. The van der Waals surface area contributed by atoms with E-state index in [2.05, 4.69) is 14.8 Å². The average molecular weight is 362 g/mol. The van der Waals surface area contributed by atoms with Crippen molar-refractivity contribution in [3.05, 3.63) is 16.6 Å². The summed E-state index contributed by atoms with van der Waals surface area (Å²) in [5.41, 5.74) is 2.76. The van der Waals surface area contributed by atoms with E-state index in [-0.39, 0.29) is 5.91 Å². The number of amides is 1. The van der Waals surface area contributed by atoms with Crippen LogP contribution < -0.4 is 0 Å². The number of likely N-dealkylation sites (tertiary alicyclic amines) is 2. The maximum Gasteiger partial charge on any atom is 0.273 e. The second kappa shape index (κ2) is 7.75. The lowest BCUT2D eigenvalue weighted by Gasteiger charge is -2.48. The number of nitrogens with zero attached hydrogens (tertiary/aromatic N) is 3. The third kappa shape index (κ3) is 4.08. The van der Waals surface area contributed by atoms with Crippen LogP contribution in [0.2, 0.25) is 0 Å². The van der Waals surface area contributed by atoms with Gasteiger partial charge in [-0.15, -0.1) is 11.3 Å². The highest BCUT2D eigenvalue weighted by Gasteiger charge is 2.40. The van der Waals surface area contributed by atoms with Crippen molar-refractivity contribution in [1.82, 2.24) is 14.8 Å². The van der Waals surface area contributed by atoms with E-state index in [1.54, 1.807) is 5.51 Å². The minimum Gasteiger partial charge on any atom is -0.337 e. The van der Waals surface area contributed by atoms with E-state index in [0.717, 1.165) is 25.4 Å². The molecule has 5 heteroatoms. The fourth-order valence-electron chi connectivity index (χ4n) is 5.21. The van der Waals surface area contributed by atoms with Gasteiger partial charge in [-0.1, -0.05) is 19.3 Å². The summed E-state index contributed by atoms with van der Waals surface area (Å²) in [5.74, 6) is 1.09. The molecule has 3 fully saturated rings. The van der Waals surface area contributed by atoms with Crippen LogP contribution in [0.15, 0.2) is 10.9 Å². The summed E-state index contributed by atoms with van der Waals surface area (Å²) in [6.45, 7) is 5.63. The molecule has 4 rings (SSSR count). The van der Waals surface area contributed by atoms with Crippen LogP contribution in [0, 0.1) is 11.3 Å². The first kappa shape index (κ1) is 17.5. The molecule has 1 aromatic heterocycles. The summed E-state index contributed by atoms with van der Waals surface area (Å²) in [4.78, 5) is 21.7. The van der Waals surface area contributed by atoms with Gasteiger partial charge >= 0.3 is 0 Å². The number of hydrogen-bond acceptors (Lipinski definition) is 4. The van der Waals surface area contributed by atoms with E-state index >= 15 is 0 Å². The monoisotopic (exact) mass is 361 g/mol. The number of aromatic nitrogens is 1. The third-order valence-corrected chi connectivity index (χ3v) is 7.34. The van der Waals surface area contributed by atoms with Crippen LogP contribution in [-0.4, -0.2) is 53.4 Å². The molecule has 0 bridgehead atoms. The molecule has 2 aliphatic heterocycles. The Morgan fingerprint density at radius 1 is 1.12 bits per heavy atom. The quantitative estimate of drug-likeness (QED) is 0.815. The minimum atomic E-state index is 0.143. The van der Waals surface area contributed by atoms with Gasteiger partial charge in [-0.05, 0) is 62.9 Å². The van der Waals surface area contributed by atoms with E-state index in [1.807, 2.05) is 5.38 Å². The smallest absolute Gasteiger partial charge is 0.273 e. The van der Waals surface area contributed by atoms with E-state index in [0.29, 0.717) is 11.1 Å². The van der Waals surface area contributed by atoms with Crippen LogP contribution in [0.5, 0.6) is 0 Å². The molecular formula is C20H31N3OS. The van der Waals surface area contributed by atoms with Crippen molar-refractivity contribution in [3.63, 3.8) is 0 Å². The summed E-state index contributed by atoms with van der Waals surface area (Å²) in [6, 6.07) is 0. The second-order valence-electron chi connectivity index (χ2n) is 8.51. The van der Waals surface area contributed by atoms with Gasteiger partial charge in [0.1, 0.15) is 5.69 Å². The first-order valence-electron chi connectivity index (χ1n) is 10.1. The predicted octanol–water partition coefficient (Wildman–Crippen LogP) is 4.04. The first-order valence-corrected chi connectivity index (χ1v) is 11.1. The van der Waals surface area contributed by atoms with E-state index in [9.17, 15) is 4.79 Å². The fraction of sp³-hybridized carbons (Fsp3) is 0.800. The topological polar surface area (TPSA) is 36.4 Å². The van der Waals surface area contributed by atoms with E-state index in [4.69, 9.17) is 0 Å². The molecule has 4 nitrogen and oxygen atoms in total. The van der Waals surface area contributed by atoms with Crippen LogP contribution in [0.3, 0.4) is 0 Å². The largest absolute Gasteiger partial charge is 0.337 e. The molecular weight excluding hydrogens is 330 g/mol. The highest BCUT2D eigenvalue weighted by Crippen LogP contribution is 2.40. The summed E-state index contributed by atoms with van der Waals surface area (Å²) in [5, 5.41) is 1.89. The Morgan fingerprint density at radius 3 is 2.64 bits per heavy atom. The van der Waals surface area contributed by atoms with Gasteiger partial charge in [0.05, 0.1) is 5.51 Å². The molecule has 0 aromatic carbocycles. The van der Waals surface area contributed by atoms with Crippen molar-refractivity contribution in [1.29, 1.82) is 0 Å². The zero-order chi connectivity index (χ0) is 17.1. The van der Waals surface area contributed by atoms with Gasteiger partial charge in [0, 0.05) is 25.0 Å². The van der Waals surface area contributed by atoms with Crippen molar-refractivity contribution in [3.8, 4) is 0 Å². The summed E-state index contributed by atoms with van der Waals surface area (Å²) in [6.07, 6.45) is 12.2. The lowest BCUT2D eigenvalue weighted by atomic mass is 9.72. The normalized spacial score (nSPS) is 25.4. The van der Waals surface area contributed by atoms with Gasteiger partial charge < -0.3 is 9.80 Å². The molecule has 0 atom stereocenters. The molecule has 3 heterocycles. The molecule has 1 saturated carbocycles. The van der Waals surface area contributed by atoms with Gasteiger partial charge in [0.2, 0.25) is 0 Å². The molecule has 25 heavy (non-hydrogen) atoms. The van der Waals surface area contributed by atoms with Gasteiger partial charge in [-0.3, -0.25) is 4.79 Å².